The molecule has 0 amide bonds. The molecule has 2 aliphatic rings. The van der Waals surface area contributed by atoms with Gasteiger partial charge in [0.05, 0.1) is 25.9 Å². The van der Waals surface area contributed by atoms with Gasteiger partial charge in [0.25, 0.3) is 0 Å². The van der Waals surface area contributed by atoms with Gasteiger partial charge in [-0.1, -0.05) is 32.1 Å². The van der Waals surface area contributed by atoms with Crippen LogP contribution >= 0.6 is 0 Å². The molecule has 0 aromatic rings. The Labute approximate surface area is 238 Å². The lowest BCUT2D eigenvalue weighted by atomic mass is 9.96. The highest BCUT2D eigenvalue weighted by atomic mass is 16.7. The summed E-state index contributed by atoms with van der Waals surface area (Å²) in [6.45, 7) is -1.82. The van der Waals surface area contributed by atoms with Crippen molar-refractivity contribution in [3.8, 4) is 0 Å². The summed E-state index contributed by atoms with van der Waals surface area (Å²) in [6.07, 6.45) is -18.1. The molecule has 41 heavy (non-hydrogen) atoms. The van der Waals surface area contributed by atoms with E-state index in [1.807, 2.05) is 0 Å². The van der Waals surface area contributed by atoms with E-state index in [1.165, 1.54) is 0 Å². The first kappa shape index (κ1) is 36.6. The molecular formula is C25H49NO15. The molecule has 2 fully saturated rings. The van der Waals surface area contributed by atoms with Crippen LogP contribution in [0.25, 0.3) is 0 Å². The second-order valence-electron chi connectivity index (χ2n) is 10.6. The third kappa shape index (κ3) is 9.94. The molecule has 0 bridgehead atoms. The SMILES string of the molecule is NCCCCCCCC[C@@H](O)C(O)[C@H](OC1OC(CO)[C@@H](OC2OC(CO)[C@@H](O)C(O)[C@@H]2O)C(O)[C@@H]1O)C(O)CO. The molecule has 14 atom stereocenters. The summed E-state index contributed by atoms with van der Waals surface area (Å²) in [6, 6.07) is 0. The molecule has 0 spiro atoms. The number of unbranched alkanes of at least 4 members (excludes halogenated alkanes) is 5. The first-order valence-corrected chi connectivity index (χ1v) is 14.1. The predicted molar refractivity (Wildman–Crippen MR) is 138 cm³/mol. The normalized spacial score (nSPS) is 37.5. The molecule has 13 N–H and O–H groups in total. The van der Waals surface area contributed by atoms with E-state index in [-0.39, 0.29) is 6.42 Å². The second kappa shape index (κ2) is 18.2. The standard InChI is InChI=1S/C25H49NO15/c26-8-6-4-2-1-3-5-7-12(30)16(32)22(13(31)9-27)40-25-21(37)19(35)23(15(11-29)39-25)41-24-20(36)18(34)17(33)14(10-28)38-24/h12-25,27-37H,1-11,26H2/t12-,13?,14?,15?,16?,17-,18?,19?,20+,21+,22-,23-,24?,25?/m1/s1. The van der Waals surface area contributed by atoms with Crippen LogP contribution in [0.1, 0.15) is 44.9 Å². The monoisotopic (exact) mass is 603 g/mol. The maximum atomic E-state index is 10.8. The third-order valence-electron chi connectivity index (χ3n) is 7.50. The molecule has 2 saturated heterocycles. The predicted octanol–water partition coefficient (Wildman–Crippen LogP) is -5.24. The topological polar surface area (TPSA) is 285 Å². The number of rotatable bonds is 18. The van der Waals surface area contributed by atoms with E-state index < -0.39 is 106 Å². The fraction of sp³-hybridized carbons (Fsp3) is 1.00. The Morgan fingerprint density at radius 2 is 1.20 bits per heavy atom. The number of hydrogen-bond donors (Lipinski definition) is 12. The second-order valence-corrected chi connectivity index (χ2v) is 10.6. The van der Waals surface area contributed by atoms with Crippen LogP contribution in [0, 0.1) is 0 Å². The van der Waals surface area contributed by atoms with E-state index in [2.05, 4.69) is 0 Å². The summed E-state index contributed by atoms with van der Waals surface area (Å²) in [7, 11) is 0. The Bertz CT molecular complexity index is 706. The molecule has 0 aliphatic carbocycles. The quantitative estimate of drug-likeness (QED) is 0.0652. The molecule has 0 radical (unpaired) electrons. The van der Waals surface area contributed by atoms with Gasteiger partial charge in [-0.3, -0.25) is 0 Å². The molecule has 16 nitrogen and oxygen atoms in total. The summed E-state index contributed by atoms with van der Waals surface area (Å²) >= 11 is 0. The largest absolute Gasteiger partial charge is 0.394 e. The third-order valence-corrected chi connectivity index (χ3v) is 7.50. The lowest BCUT2D eigenvalue weighted by Gasteiger charge is -2.46. The van der Waals surface area contributed by atoms with Crippen LogP contribution in [0.2, 0.25) is 0 Å². The van der Waals surface area contributed by atoms with Crippen LogP contribution in [0.3, 0.4) is 0 Å². The number of hydrogen-bond acceptors (Lipinski definition) is 16. The van der Waals surface area contributed by atoms with E-state index in [4.69, 9.17) is 24.7 Å². The minimum atomic E-state index is -1.93. The lowest BCUT2D eigenvalue weighted by molar-refractivity contribution is -0.367. The van der Waals surface area contributed by atoms with Crippen LogP contribution < -0.4 is 5.73 Å². The smallest absolute Gasteiger partial charge is 0.187 e. The number of aliphatic hydroxyl groups is 11. The van der Waals surface area contributed by atoms with Gasteiger partial charge < -0.3 is 80.9 Å². The van der Waals surface area contributed by atoms with Crippen LogP contribution in [0.15, 0.2) is 0 Å². The Kier molecular flexibility index (Phi) is 16.3. The fourth-order valence-electron chi connectivity index (χ4n) is 4.92. The molecule has 0 aromatic heterocycles. The van der Waals surface area contributed by atoms with Crippen LogP contribution in [-0.2, 0) is 18.9 Å². The first-order chi connectivity index (χ1) is 19.5. The van der Waals surface area contributed by atoms with Crippen molar-refractivity contribution in [2.24, 2.45) is 5.73 Å². The first-order valence-electron chi connectivity index (χ1n) is 14.1. The van der Waals surface area contributed by atoms with E-state index in [0.717, 1.165) is 32.1 Å². The highest BCUT2D eigenvalue weighted by molar-refractivity contribution is 4.95. The van der Waals surface area contributed by atoms with Crippen molar-refractivity contribution in [2.75, 3.05) is 26.4 Å². The fourth-order valence-corrected chi connectivity index (χ4v) is 4.92. The summed E-state index contributed by atoms with van der Waals surface area (Å²) < 4.78 is 21.8. The zero-order valence-electron chi connectivity index (χ0n) is 23.0. The number of nitrogens with two attached hydrogens (primary N) is 1. The van der Waals surface area contributed by atoms with Crippen LogP contribution in [0.5, 0.6) is 0 Å². The average molecular weight is 604 g/mol. The van der Waals surface area contributed by atoms with E-state index in [1.54, 1.807) is 0 Å². The molecule has 244 valence electrons. The van der Waals surface area contributed by atoms with Crippen molar-refractivity contribution in [3.05, 3.63) is 0 Å². The van der Waals surface area contributed by atoms with Gasteiger partial charge in [0, 0.05) is 0 Å². The lowest BCUT2D eigenvalue weighted by Crippen LogP contribution is -2.65. The van der Waals surface area contributed by atoms with Crippen LogP contribution in [-0.4, -0.2) is 168 Å². The summed E-state index contributed by atoms with van der Waals surface area (Å²) in [5.74, 6) is 0. The highest BCUT2D eigenvalue weighted by Crippen LogP contribution is 2.31. The summed E-state index contributed by atoms with van der Waals surface area (Å²) in [5, 5.41) is 112. The van der Waals surface area contributed by atoms with Gasteiger partial charge in [-0.25, -0.2) is 0 Å². The molecule has 0 saturated carbocycles. The Morgan fingerprint density at radius 3 is 1.78 bits per heavy atom. The van der Waals surface area contributed by atoms with Crippen molar-refractivity contribution in [1.82, 2.24) is 0 Å². The van der Waals surface area contributed by atoms with Gasteiger partial charge in [-0.15, -0.1) is 0 Å². The van der Waals surface area contributed by atoms with Gasteiger partial charge in [0.1, 0.15) is 67.1 Å². The minimum Gasteiger partial charge on any atom is -0.394 e. The maximum Gasteiger partial charge on any atom is 0.187 e. The highest BCUT2D eigenvalue weighted by Gasteiger charge is 2.51. The molecule has 0 aromatic carbocycles. The molecular weight excluding hydrogens is 554 g/mol. The minimum absolute atomic E-state index is 0.154. The number of ether oxygens (including phenoxy) is 4. The van der Waals surface area contributed by atoms with E-state index >= 15 is 0 Å². The van der Waals surface area contributed by atoms with E-state index in [0.29, 0.717) is 13.0 Å². The Hall–Kier alpha value is -0.640. The van der Waals surface area contributed by atoms with Crippen molar-refractivity contribution in [1.29, 1.82) is 0 Å². The van der Waals surface area contributed by atoms with Crippen molar-refractivity contribution in [2.45, 2.75) is 131 Å². The molecule has 16 heteroatoms. The summed E-state index contributed by atoms with van der Waals surface area (Å²) in [4.78, 5) is 0. The van der Waals surface area contributed by atoms with Gasteiger partial charge in [0.15, 0.2) is 12.6 Å². The van der Waals surface area contributed by atoms with Crippen molar-refractivity contribution >= 4 is 0 Å². The van der Waals surface area contributed by atoms with Gasteiger partial charge in [-0.05, 0) is 19.4 Å². The van der Waals surface area contributed by atoms with E-state index in [9.17, 15) is 56.2 Å². The van der Waals surface area contributed by atoms with Gasteiger partial charge >= 0.3 is 0 Å². The molecule has 2 rings (SSSR count). The Morgan fingerprint density at radius 1 is 0.634 bits per heavy atom. The van der Waals surface area contributed by atoms with Gasteiger partial charge in [-0.2, -0.15) is 0 Å². The van der Waals surface area contributed by atoms with Crippen molar-refractivity contribution in [3.63, 3.8) is 0 Å². The zero-order chi connectivity index (χ0) is 30.7. The number of aliphatic hydroxyl groups excluding tert-OH is 11. The molecule has 8 unspecified atom stereocenters. The average Bonchev–Trinajstić information content (AvgIpc) is 2.97. The maximum absolute atomic E-state index is 10.8. The molecule has 2 heterocycles. The molecule has 2 aliphatic heterocycles. The Balaban J connectivity index is 2.03. The summed E-state index contributed by atoms with van der Waals surface area (Å²) in [5.41, 5.74) is 5.47. The van der Waals surface area contributed by atoms with Crippen LogP contribution in [0.4, 0.5) is 0 Å². The van der Waals surface area contributed by atoms with Gasteiger partial charge in [0.2, 0.25) is 0 Å². The zero-order valence-corrected chi connectivity index (χ0v) is 23.0. The van der Waals surface area contributed by atoms with Crippen molar-refractivity contribution < 1.29 is 75.1 Å².